The molecule has 0 aliphatic rings. The Hall–Kier alpha value is -2.11. The maximum absolute atomic E-state index is 13.5. The molecule has 23 heavy (non-hydrogen) atoms. The van der Waals surface area contributed by atoms with E-state index in [4.69, 9.17) is 0 Å². The molecule has 0 spiro atoms. The number of benzene rings is 1. The quantitative estimate of drug-likeness (QED) is 0.759. The molecular weight excluding hydrogens is 305 g/mol. The zero-order chi connectivity index (χ0) is 17.4. The molecule has 2 rings (SSSR count). The van der Waals surface area contributed by atoms with Crippen molar-refractivity contribution in [2.24, 2.45) is 5.41 Å². The Morgan fingerprint density at radius 3 is 2.30 bits per heavy atom. The SMILES string of the molecule is Cc1ccccc1-n1ncc(C(=O)CC(C)(C)C)c1C(F)(F)F. The number of aryl methyl sites for hydroxylation is 1. The molecule has 0 saturated carbocycles. The highest BCUT2D eigenvalue weighted by Gasteiger charge is 2.41. The summed E-state index contributed by atoms with van der Waals surface area (Å²) in [5, 5.41) is 3.84. The highest BCUT2D eigenvalue weighted by Crippen LogP contribution is 2.35. The fourth-order valence-corrected chi connectivity index (χ4v) is 2.39. The first-order chi connectivity index (χ1) is 10.5. The second kappa shape index (κ2) is 5.83. The summed E-state index contributed by atoms with van der Waals surface area (Å²) in [6, 6.07) is 6.63. The Morgan fingerprint density at radius 1 is 1.17 bits per heavy atom. The normalized spacial score (nSPS) is 12.5. The van der Waals surface area contributed by atoms with Crippen LogP contribution in [0, 0.1) is 12.3 Å². The fourth-order valence-electron chi connectivity index (χ4n) is 2.39. The molecule has 0 atom stereocenters. The number of rotatable bonds is 3. The minimum Gasteiger partial charge on any atom is -0.294 e. The number of hydrogen-bond acceptors (Lipinski definition) is 2. The molecule has 124 valence electrons. The van der Waals surface area contributed by atoms with Crippen LogP contribution < -0.4 is 0 Å². The molecule has 0 aliphatic heterocycles. The summed E-state index contributed by atoms with van der Waals surface area (Å²) in [6.45, 7) is 7.13. The van der Waals surface area contributed by atoms with Gasteiger partial charge in [0, 0.05) is 6.42 Å². The first kappa shape index (κ1) is 17.2. The first-order valence-electron chi connectivity index (χ1n) is 7.25. The number of nitrogens with zero attached hydrogens (tertiary/aromatic N) is 2. The van der Waals surface area contributed by atoms with Crippen LogP contribution in [0.25, 0.3) is 5.69 Å². The summed E-state index contributed by atoms with van der Waals surface area (Å²) in [6.07, 6.45) is -3.62. The van der Waals surface area contributed by atoms with E-state index in [0.717, 1.165) is 10.9 Å². The minimum atomic E-state index is -4.67. The molecule has 3 nitrogen and oxygen atoms in total. The molecular formula is C17H19F3N2O. The van der Waals surface area contributed by atoms with Gasteiger partial charge in [-0.05, 0) is 24.0 Å². The summed E-state index contributed by atoms with van der Waals surface area (Å²) in [4.78, 5) is 12.3. The Balaban J connectivity index is 2.60. The summed E-state index contributed by atoms with van der Waals surface area (Å²) in [5.74, 6) is -0.551. The number of carbonyl (C=O) groups is 1. The van der Waals surface area contributed by atoms with Gasteiger partial charge in [0.1, 0.15) is 0 Å². The molecule has 6 heteroatoms. The summed E-state index contributed by atoms with van der Waals surface area (Å²) in [5.41, 5.74) is -0.827. The fraction of sp³-hybridized carbons (Fsp3) is 0.412. The van der Waals surface area contributed by atoms with E-state index in [1.165, 1.54) is 0 Å². The van der Waals surface area contributed by atoms with Gasteiger partial charge in [0.15, 0.2) is 11.5 Å². The van der Waals surface area contributed by atoms with Crippen LogP contribution in [0.1, 0.15) is 48.8 Å². The van der Waals surface area contributed by atoms with Crippen LogP contribution in [0.2, 0.25) is 0 Å². The lowest BCUT2D eigenvalue weighted by molar-refractivity contribution is -0.143. The van der Waals surface area contributed by atoms with Crippen molar-refractivity contribution in [2.75, 3.05) is 0 Å². The molecule has 1 aromatic heterocycles. The molecule has 0 amide bonds. The number of halogens is 3. The molecule has 1 heterocycles. The number of carbonyl (C=O) groups excluding carboxylic acids is 1. The number of hydrogen-bond donors (Lipinski definition) is 0. The lowest BCUT2D eigenvalue weighted by Gasteiger charge is -2.18. The van der Waals surface area contributed by atoms with Crippen LogP contribution in [-0.4, -0.2) is 15.6 Å². The molecule has 0 saturated heterocycles. The molecule has 0 radical (unpaired) electrons. The average Bonchev–Trinajstić information content (AvgIpc) is 2.81. The number of alkyl halides is 3. The summed E-state index contributed by atoms with van der Waals surface area (Å²) < 4.78 is 41.4. The second-order valence-electron chi connectivity index (χ2n) is 6.76. The van der Waals surface area contributed by atoms with Gasteiger partial charge < -0.3 is 0 Å². The molecule has 0 N–H and O–H groups in total. The van der Waals surface area contributed by atoms with E-state index in [1.807, 2.05) is 20.8 Å². The van der Waals surface area contributed by atoms with E-state index in [1.54, 1.807) is 31.2 Å². The van der Waals surface area contributed by atoms with Gasteiger partial charge in [-0.2, -0.15) is 18.3 Å². The Bertz CT molecular complexity index is 724. The summed E-state index contributed by atoms with van der Waals surface area (Å²) >= 11 is 0. The van der Waals surface area contributed by atoms with Gasteiger partial charge in [0.05, 0.1) is 17.4 Å². The average molecular weight is 324 g/mol. The molecule has 0 unspecified atom stereocenters. The van der Waals surface area contributed by atoms with E-state index >= 15 is 0 Å². The standard InChI is InChI=1S/C17H19F3N2O/c1-11-7-5-6-8-13(11)22-15(17(18,19)20)12(10-21-22)14(23)9-16(2,3)4/h5-8,10H,9H2,1-4H3. The Labute approximate surface area is 133 Å². The zero-order valence-corrected chi connectivity index (χ0v) is 13.5. The van der Waals surface area contributed by atoms with Gasteiger partial charge in [-0.1, -0.05) is 39.0 Å². The lowest BCUT2D eigenvalue weighted by atomic mass is 9.88. The first-order valence-corrected chi connectivity index (χ1v) is 7.25. The van der Waals surface area contributed by atoms with Gasteiger partial charge in [-0.25, -0.2) is 4.68 Å². The van der Waals surface area contributed by atoms with Crippen LogP contribution in [0.3, 0.4) is 0 Å². The lowest BCUT2D eigenvalue weighted by Crippen LogP contribution is -2.20. The van der Waals surface area contributed by atoms with E-state index in [-0.39, 0.29) is 12.0 Å². The van der Waals surface area contributed by atoms with Gasteiger partial charge in [0.25, 0.3) is 0 Å². The molecule has 2 aromatic rings. The predicted octanol–water partition coefficient (Wildman–Crippen LogP) is 4.82. The van der Waals surface area contributed by atoms with Crippen molar-refractivity contribution in [3.05, 3.63) is 47.3 Å². The van der Waals surface area contributed by atoms with Crippen molar-refractivity contribution >= 4 is 5.78 Å². The number of aromatic nitrogens is 2. The third-order valence-corrected chi connectivity index (χ3v) is 3.37. The van der Waals surface area contributed by atoms with Crippen LogP contribution in [0.15, 0.2) is 30.5 Å². The van der Waals surface area contributed by atoms with Crippen LogP contribution in [-0.2, 0) is 6.18 Å². The smallest absolute Gasteiger partial charge is 0.294 e. The van der Waals surface area contributed by atoms with Crippen molar-refractivity contribution in [3.63, 3.8) is 0 Å². The number of Topliss-reactive ketones (excluding diaryl/α,β-unsaturated/α-hetero) is 1. The Morgan fingerprint density at radius 2 is 1.78 bits per heavy atom. The molecule has 0 fully saturated rings. The highest BCUT2D eigenvalue weighted by molar-refractivity contribution is 5.97. The topological polar surface area (TPSA) is 34.9 Å². The van der Waals surface area contributed by atoms with Gasteiger partial charge in [-0.3, -0.25) is 4.79 Å². The minimum absolute atomic E-state index is 0.0234. The third kappa shape index (κ3) is 3.81. The number of para-hydroxylation sites is 1. The van der Waals surface area contributed by atoms with Gasteiger partial charge >= 0.3 is 6.18 Å². The van der Waals surface area contributed by atoms with E-state index in [0.29, 0.717) is 11.3 Å². The van der Waals surface area contributed by atoms with Crippen molar-refractivity contribution in [3.8, 4) is 5.69 Å². The van der Waals surface area contributed by atoms with Crippen LogP contribution in [0.4, 0.5) is 13.2 Å². The zero-order valence-electron chi connectivity index (χ0n) is 13.5. The Kier molecular flexibility index (Phi) is 4.37. The molecule has 0 bridgehead atoms. The van der Waals surface area contributed by atoms with Crippen molar-refractivity contribution in [2.45, 2.75) is 40.3 Å². The van der Waals surface area contributed by atoms with Crippen LogP contribution >= 0.6 is 0 Å². The maximum Gasteiger partial charge on any atom is 0.434 e. The number of ketones is 1. The van der Waals surface area contributed by atoms with Crippen molar-refractivity contribution < 1.29 is 18.0 Å². The third-order valence-electron chi connectivity index (χ3n) is 3.37. The van der Waals surface area contributed by atoms with Crippen molar-refractivity contribution in [1.29, 1.82) is 0 Å². The van der Waals surface area contributed by atoms with Crippen LogP contribution in [0.5, 0.6) is 0 Å². The maximum atomic E-state index is 13.5. The van der Waals surface area contributed by atoms with E-state index < -0.39 is 23.1 Å². The van der Waals surface area contributed by atoms with Gasteiger partial charge in [-0.15, -0.1) is 0 Å². The van der Waals surface area contributed by atoms with E-state index in [2.05, 4.69) is 5.10 Å². The second-order valence-corrected chi connectivity index (χ2v) is 6.76. The highest BCUT2D eigenvalue weighted by atomic mass is 19.4. The van der Waals surface area contributed by atoms with Crippen molar-refractivity contribution in [1.82, 2.24) is 9.78 Å². The monoisotopic (exact) mass is 324 g/mol. The molecule has 0 aliphatic carbocycles. The largest absolute Gasteiger partial charge is 0.434 e. The van der Waals surface area contributed by atoms with Gasteiger partial charge in [0.2, 0.25) is 0 Å². The summed E-state index contributed by atoms with van der Waals surface area (Å²) in [7, 11) is 0. The molecule has 1 aromatic carbocycles. The van der Waals surface area contributed by atoms with E-state index in [9.17, 15) is 18.0 Å². The predicted molar refractivity (Wildman–Crippen MR) is 81.7 cm³/mol.